The van der Waals surface area contributed by atoms with Gasteiger partial charge in [-0.05, 0) is 72.7 Å². The lowest BCUT2D eigenvalue weighted by molar-refractivity contribution is 0.0555. The molecular weight excluding hydrogens is 248 g/mol. The van der Waals surface area contributed by atoms with Crippen molar-refractivity contribution in [3.63, 3.8) is 0 Å². The summed E-state index contributed by atoms with van der Waals surface area (Å²) < 4.78 is 5.67. The van der Waals surface area contributed by atoms with Crippen LogP contribution in [0, 0.1) is 13.8 Å². The maximum absolute atomic E-state index is 9.89. The number of aromatic hydroxyl groups is 1. The van der Waals surface area contributed by atoms with E-state index >= 15 is 0 Å². The Morgan fingerprint density at radius 1 is 1.05 bits per heavy atom. The van der Waals surface area contributed by atoms with Crippen LogP contribution in [0.2, 0.25) is 0 Å². The highest BCUT2D eigenvalue weighted by Gasteiger charge is 2.17. The lowest BCUT2D eigenvalue weighted by Crippen LogP contribution is -2.13. The Morgan fingerprint density at radius 3 is 2.45 bits per heavy atom. The van der Waals surface area contributed by atoms with Gasteiger partial charge >= 0.3 is 0 Å². The number of rotatable bonds is 1. The van der Waals surface area contributed by atoms with Crippen molar-refractivity contribution < 1.29 is 9.84 Å². The summed E-state index contributed by atoms with van der Waals surface area (Å²) in [4.78, 5) is 0. The Labute approximate surface area is 120 Å². The Kier molecular flexibility index (Phi) is 3.27. The molecule has 1 atom stereocenters. The molecule has 2 nitrogen and oxygen atoms in total. The molecule has 2 aromatic rings. The highest BCUT2D eigenvalue weighted by molar-refractivity contribution is 5.68. The fourth-order valence-electron chi connectivity index (χ4n) is 2.96. The van der Waals surface area contributed by atoms with E-state index < -0.39 is 0 Å². The van der Waals surface area contributed by atoms with E-state index in [2.05, 4.69) is 25.1 Å². The van der Waals surface area contributed by atoms with Crippen molar-refractivity contribution in [2.75, 3.05) is 6.61 Å². The Morgan fingerprint density at radius 2 is 1.75 bits per heavy atom. The Balaban J connectivity index is 2.07. The summed E-state index contributed by atoms with van der Waals surface area (Å²) in [6.07, 6.45) is 1.17. The number of hydrogen-bond acceptors (Lipinski definition) is 2. The molecule has 1 N–H and O–H groups in total. The van der Waals surface area contributed by atoms with Crippen molar-refractivity contribution in [1.29, 1.82) is 0 Å². The van der Waals surface area contributed by atoms with Crippen LogP contribution in [0.3, 0.4) is 0 Å². The van der Waals surface area contributed by atoms with Crippen LogP contribution in [0.15, 0.2) is 30.3 Å². The maximum Gasteiger partial charge on any atom is 0.121 e. The normalized spacial score (nSPS) is 17.9. The van der Waals surface area contributed by atoms with Gasteiger partial charge in [0.2, 0.25) is 0 Å². The quantitative estimate of drug-likeness (QED) is 0.835. The molecular formula is C18H20O2. The first-order valence-corrected chi connectivity index (χ1v) is 7.11. The second-order valence-corrected chi connectivity index (χ2v) is 5.64. The monoisotopic (exact) mass is 268 g/mol. The van der Waals surface area contributed by atoms with E-state index in [0.717, 1.165) is 24.2 Å². The highest BCUT2D eigenvalue weighted by atomic mass is 16.5. The van der Waals surface area contributed by atoms with E-state index in [1.54, 1.807) is 0 Å². The van der Waals surface area contributed by atoms with Gasteiger partial charge in [-0.1, -0.05) is 18.2 Å². The molecule has 104 valence electrons. The highest BCUT2D eigenvalue weighted by Crippen LogP contribution is 2.33. The number of ether oxygens (including phenoxy) is 1. The van der Waals surface area contributed by atoms with E-state index in [9.17, 15) is 5.11 Å². The van der Waals surface area contributed by atoms with Crippen LogP contribution in [0.4, 0.5) is 0 Å². The number of fused-ring (bicyclic) bond motifs is 1. The topological polar surface area (TPSA) is 29.5 Å². The minimum Gasteiger partial charge on any atom is -0.507 e. The van der Waals surface area contributed by atoms with Crippen molar-refractivity contribution in [2.24, 2.45) is 0 Å². The van der Waals surface area contributed by atoms with E-state index in [1.807, 2.05) is 26.0 Å². The molecule has 0 fully saturated rings. The van der Waals surface area contributed by atoms with Crippen molar-refractivity contribution in [2.45, 2.75) is 33.3 Å². The minimum absolute atomic E-state index is 0.191. The van der Waals surface area contributed by atoms with Crippen LogP contribution >= 0.6 is 0 Å². The molecule has 3 rings (SSSR count). The lowest BCUT2D eigenvalue weighted by atomic mass is 9.92. The molecule has 0 aromatic heterocycles. The third-order valence-electron chi connectivity index (χ3n) is 4.14. The van der Waals surface area contributed by atoms with Gasteiger partial charge in [-0.15, -0.1) is 0 Å². The molecule has 1 aliphatic heterocycles. The van der Waals surface area contributed by atoms with E-state index in [0.29, 0.717) is 5.75 Å². The van der Waals surface area contributed by atoms with Gasteiger partial charge in [0.1, 0.15) is 5.75 Å². The molecule has 2 aromatic carbocycles. The summed E-state index contributed by atoms with van der Waals surface area (Å²) in [6.45, 7) is 6.79. The Hall–Kier alpha value is -1.80. The van der Waals surface area contributed by atoms with Crippen molar-refractivity contribution in [3.8, 4) is 16.9 Å². The van der Waals surface area contributed by atoms with E-state index in [-0.39, 0.29) is 6.10 Å². The molecule has 1 unspecified atom stereocenters. The average Bonchev–Trinajstić information content (AvgIpc) is 2.44. The smallest absolute Gasteiger partial charge is 0.121 e. The number of phenols is 1. The molecule has 1 heterocycles. The van der Waals surface area contributed by atoms with E-state index in [1.165, 1.54) is 22.3 Å². The first-order valence-electron chi connectivity index (χ1n) is 7.11. The predicted octanol–water partition coefficient (Wildman–Crippen LogP) is 4.31. The van der Waals surface area contributed by atoms with Crippen molar-refractivity contribution >= 4 is 0 Å². The van der Waals surface area contributed by atoms with Gasteiger partial charge in [0, 0.05) is 0 Å². The van der Waals surface area contributed by atoms with Crippen LogP contribution in [0.25, 0.3) is 11.1 Å². The van der Waals surface area contributed by atoms with Gasteiger partial charge in [0.25, 0.3) is 0 Å². The summed E-state index contributed by atoms with van der Waals surface area (Å²) in [5, 5.41) is 9.89. The zero-order valence-corrected chi connectivity index (χ0v) is 12.2. The zero-order valence-electron chi connectivity index (χ0n) is 12.2. The van der Waals surface area contributed by atoms with Crippen LogP contribution < -0.4 is 0 Å². The summed E-state index contributed by atoms with van der Waals surface area (Å²) >= 11 is 0. The first kappa shape index (κ1) is 13.2. The number of benzene rings is 2. The van der Waals surface area contributed by atoms with Gasteiger partial charge in [-0.2, -0.15) is 0 Å². The third kappa shape index (κ3) is 2.20. The fraction of sp³-hybridized carbons (Fsp3) is 0.333. The van der Waals surface area contributed by atoms with Crippen molar-refractivity contribution in [1.82, 2.24) is 0 Å². The molecule has 2 heteroatoms. The van der Waals surface area contributed by atoms with Gasteiger partial charge < -0.3 is 9.84 Å². The lowest BCUT2D eigenvalue weighted by Gasteiger charge is -2.23. The molecule has 0 radical (unpaired) electrons. The standard InChI is InChI=1S/C18H20O2/c1-11-8-16(9-12(2)18(11)19)14-4-5-17-13(3)20-7-6-15(17)10-14/h4-5,8-10,13,19H,6-7H2,1-3H3. The molecule has 0 aliphatic carbocycles. The van der Waals surface area contributed by atoms with Crippen LogP contribution in [-0.4, -0.2) is 11.7 Å². The maximum atomic E-state index is 9.89. The molecule has 20 heavy (non-hydrogen) atoms. The Bertz CT molecular complexity index is 635. The number of hydrogen-bond donors (Lipinski definition) is 1. The summed E-state index contributed by atoms with van der Waals surface area (Å²) in [6, 6.07) is 10.7. The minimum atomic E-state index is 0.191. The second kappa shape index (κ2) is 4.95. The number of aryl methyl sites for hydroxylation is 2. The molecule has 0 amide bonds. The summed E-state index contributed by atoms with van der Waals surface area (Å²) in [5.41, 5.74) is 6.91. The molecule has 0 bridgehead atoms. The van der Waals surface area contributed by atoms with Crippen LogP contribution in [0.1, 0.15) is 35.3 Å². The predicted molar refractivity (Wildman–Crippen MR) is 81.1 cm³/mol. The SMILES string of the molecule is Cc1cc(-c2ccc3c(c2)CCOC3C)cc(C)c1O. The second-order valence-electron chi connectivity index (χ2n) is 5.64. The number of phenolic OH excluding ortho intramolecular Hbond substituents is 1. The first-order chi connectivity index (χ1) is 9.56. The summed E-state index contributed by atoms with van der Waals surface area (Å²) in [7, 11) is 0. The van der Waals surface area contributed by atoms with Crippen molar-refractivity contribution in [3.05, 3.63) is 52.6 Å². The van der Waals surface area contributed by atoms with Gasteiger partial charge in [0.15, 0.2) is 0 Å². The third-order valence-corrected chi connectivity index (χ3v) is 4.14. The molecule has 0 spiro atoms. The molecule has 1 aliphatic rings. The van der Waals surface area contributed by atoms with E-state index in [4.69, 9.17) is 4.74 Å². The van der Waals surface area contributed by atoms with Gasteiger partial charge in [0.05, 0.1) is 12.7 Å². The zero-order chi connectivity index (χ0) is 14.3. The molecule has 0 saturated carbocycles. The molecule has 0 saturated heterocycles. The van der Waals surface area contributed by atoms with Crippen LogP contribution in [0.5, 0.6) is 5.75 Å². The van der Waals surface area contributed by atoms with Gasteiger partial charge in [-0.25, -0.2) is 0 Å². The average molecular weight is 268 g/mol. The summed E-state index contributed by atoms with van der Waals surface area (Å²) in [5.74, 6) is 0.397. The van der Waals surface area contributed by atoms with Gasteiger partial charge in [-0.3, -0.25) is 0 Å². The largest absolute Gasteiger partial charge is 0.507 e. The fourth-order valence-corrected chi connectivity index (χ4v) is 2.96. The van der Waals surface area contributed by atoms with Crippen LogP contribution in [-0.2, 0) is 11.2 Å².